The molecule has 0 aliphatic heterocycles. The van der Waals surface area contributed by atoms with Crippen molar-refractivity contribution < 1.29 is 14.3 Å². The Morgan fingerprint density at radius 3 is 2.56 bits per heavy atom. The van der Waals surface area contributed by atoms with Gasteiger partial charge in [-0.1, -0.05) is 23.7 Å². The van der Waals surface area contributed by atoms with Gasteiger partial charge in [-0.3, -0.25) is 4.79 Å². The largest absolute Gasteiger partial charge is 0.497 e. The molecular formula is C19H22ClNO3S. The highest BCUT2D eigenvalue weighted by atomic mass is 35.5. The summed E-state index contributed by atoms with van der Waals surface area (Å²) < 4.78 is 10.6. The Hall–Kier alpha value is -1.85. The van der Waals surface area contributed by atoms with Crippen LogP contribution in [0.15, 0.2) is 47.4 Å². The Balaban J connectivity index is 2.06. The second-order valence-corrected chi connectivity index (χ2v) is 7.35. The van der Waals surface area contributed by atoms with E-state index in [1.54, 1.807) is 26.2 Å². The lowest BCUT2D eigenvalue weighted by molar-refractivity contribution is -0.129. The predicted molar refractivity (Wildman–Crippen MR) is 103 cm³/mol. The molecule has 0 aromatic heterocycles. The lowest BCUT2D eigenvalue weighted by Crippen LogP contribution is -2.32. The van der Waals surface area contributed by atoms with Crippen LogP contribution in [0.3, 0.4) is 0 Å². The van der Waals surface area contributed by atoms with Crippen LogP contribution >= 0.6 is 23.4 Å². The normalized spacial score (nSPS) is 11.7. The van der Waals surface area contributed by atoms with Gasteiger partial charge in [0.15, 0.2) is 0 Å². The number of hydrogen-bond donors (Lipinski definition) is 0. The Labute approximate surface area is 158 Å². The maximum Gasteiger partial charge on any atom is 0.235 e. The van der Waals surface area contributed by atoms with E-state index in [4.69, 9.17) is 21.1 Å². The summed E-state index contributed by atoms with van der Waals surface area (Å²) in [5.74, 6) is 1.45. The van der Waals surface area contributed by atoms with Crippen LogP contribution < -0.4 is 9.47 Å². The van der Waals surface area contributed by atoms with E-state index in [9.17, 15) is 4.79 Å². The lowest BCUT2D eigenvalue weighted by atomic mass is 10.1. The highest BCUT2D eigenvalue weighted by Crippen LogP contribution is 2.31. The smallest absolute Gasteiger partial charge is 0.235 e. The van der Waals surface area contributed by atoms with Gasteiger partial charge in [-0.05, 0) is 31.2 Å². The van der Waals surface area contributed by atoms with Crippen molar-refractivity contribution in [1.29, 1.82) is 0 Å². The first-order valence-electron chi connectivity index (χ1n) is 7.83. The summed E-state index contributed by atoms with van der Waals surface area (Å²) in [4.78, 5) is 15.3. The molecule has 2 rings (SSSR count). The van der Waals surface area contributed by atoms with E-state index in [-0.39, 0.29) is 11.2 Å². The van der Waals surface area contributed by atoms with Gasteiger partial charge in [-0.2, -0.15) is 0 Å². The first kappa shape index (κ1) is 19.5. The topological polar surface area (TPSA) is 38.8 Å². The van der Waals surface area contributed by atoms with Crippen molar-refractivity contribution in [3.8, 4) is 11.5 Å². The molecule has 1 unspecified atom stereocenters. The molecular weight excluding hydrogens is 358 g/mol. The molecule has 0 spiro atoms. The molecule has 4 nitrogen and oxygen atoms in total. The zero-order valence-corrected chi connectivity index (χ0v) is 16.4. The third-order valence-corrected chi connectivity index (χ3v) is 5.37. The Kier molecular flexibility index (Phi) is 7.02. The minimum atomic E-state index is -0.242. The van der Waals surface area contributed by atoms with Crippen LogP contribution in [0, 0.1) is 0 Å². The number of ether oxygens (including phenoxy) is 2. The molecule has 1 amide bonds. The Bertz CT molecular complexity index is 738. The minimum Gasteiger partial charge on any atom is -0.497 e. The molecule has 0 aliphatic rings. The summed E-state index contributed by atoms with van der Waals surface area (Å²) in [6.45, 7) is 2.34. The second-order valence-electron chi connectivity index (χ2n) is 5.56. The molecule has 2 aromatic carbocycles. The maximum atomic E-state index is 12.7. The van der Waals surface area contributed by atoms with Crippen LogP contribution in [0.5, 0.6) is 11.5 Å². The van der Waals surface area contributed by atoms with Crippen molar-refractivity contribution in [3.05, 3.63) is 53.1 Å². The number of thioether (sulfide) groups is 1. The molecule has 0 heterocycles. The molecule has 25 heavy (non-hydrogen) atoms. The fourth-order valence-corrected chi connectivity index (χ4v) is 3.68. The van der Waals surface area contributed by atoms with Gasteiger partial charge in [0.2, 0.25) is 5.91 Å². The van der Waals surface area contributed by atoms with E-state index in [1.165, 1.54) is 11.8 Å². The van der Waals surface area contributed by atoms with E-state index >= 15 is 0 Å². The standard InChI is InChI=1S/C19H22ClNO3S/c1-13(25-18-8-6-5-7-16(18)20)19(22)21(2)12-14-9-10-15(23-3)11-17(14)24-4/h5-11,13H,12H2,1-4H3. The number of nitrogens with zero attached hydrogens (tertiary/aromatic N) is 1. The molecule has 1 atom stereocenters. The van der Waals surface area contributed by atoms with Crippen LogP contribution in [0.25, 0.3) is 0 Å². The summed E-state index contributed by atoms with van der Waals surface area (Å²) in [6, 6.07) is 13.1. The third-order valence-electron chi connectivity index (χ3n) is 3.77. The van der Waals surface area contributed by atoms with E-state index in [1.807, 2.05) is 49.4 Å². The summed E-state index contributed by atoms with van der Waals surface area (Å²) in [5, 5.41) is 0.417. The number of carbonyl (C=O) groups is 1. The molecule has 0 fully saturated rings. The first-order valence-corrected chi connectivity index (χ1v) is 9.09. The van der Waals surface area contributed by atoms with Gasteiger partial charge in [0.05, 0.1) is 24.5 Å². The van der Waals surface area contributed by atoms with Crippen molar-refractivity contribution in [2.45, 2.75) is 23.6 Å². The second kappa shape index (κ2) is 9.02. The third kappa shape index (κ3) is 5.06. The van der Waals surface area contributed by atoms with Gasteiger partial charge in [0.1, 0.15) is 11.5 Å². The number of benzene rings is 2. The summed E-state index contributed by atoms with van der Waals surface area (Å²) >= 11 is 7.64. The fourth-order valence-electron chi connectivity index (χ4n) is 2.41. The highest BCUT2D eigenvalue weighted by Gasteiger charge is 2.20. The number of carbonyl (C=O) groups excluding carboxylic acids is 1. The SMILES string of the molecule is COc1ccc(CN(C)C(=O)C(C)Sc2ccccc2Cl)c(OC)c1. The Morgan fingerprint density at radius 1 is 1.20 bits per heavy atom. The average Bonchev–Trinajstić information content (AvgIpc) is 2.63. The summed E-state index contributed by atoms with van der Waals surface area (Å²) in [5.41, 5.74) is 0.925. The summed E-state index contributed by atoms with van der Waals surface area (Å²) in [7, 11) is 5.00. The zero-order valence-electron chi connectivity index (χ0n) is 14.8. The number of rotatable bonds is 7. The van der Waals surface area contributed by atoms with Gasteiger partial charge in [-0.25, -0.2) is 0 Å². The average molecular weight is 380 g/mol. The molecule has 0 N–H and O–H groups in total. The van der Waals surface area contributed by atoms with Gasteiger partial charge in [0.25, 0.3) is 0 Å². The number of methoxy groups -OCH3 is 2. The predicted octanol–water partition coefficient (Wildman–Crippen LogP) is 4.50. The number of hydrogen-bond acceptors (Lipinski definition) is 4. The van der Waals surface area contributed by atoms with Crippen molar-refractivity contribution in [1.82, 2.24) is 4.90 Å². The van der Waals surface area contributed by atoms with Crippen LogP contribution in [0.4, 0.5) is 0 Å². The number of halogens is 1. The quantitative estimate of drug-likeness (QED) is 0.664. The Morgan fingerprint density at radius 2 is 1.92 bits per heavy atom. The van der Waals surface area contributed by atoms with Gasteiger partial charge >= 0.3 is 0 Å². The van der Waals surface area contributed by atoms with E-state index < -0.39 is 0 Å². The lowest BCUT2D eigenvalue weighted by Gasteiger charge is -2.22. The van der Waals surface area contributed by atoms with Gasteiger partial charge in [-0.15, -0.1) is 11.8 Å². The van der Waals surface area contributed by atoms with Crippen LogP contribution in [0.2, 0.25) is 5.02 Å². The van der Waals surface area contributed by atoms with Crippen LogP contribution in [0.1, 0.15) is 12.5 Å². The van der Waals surface area contributed by atoms with Crippen LogP contribution in [-0.2, 0) is 11.3 Å². The minimum absolute atomic E-state index is 0.0304. The molecule has 0 saturated heterocycles. The monoisotopic (exact) mass is 379 g/mol. The zero-order chi connectivity index (χ0) is 18.4. The van der Waals surface area contributed by atoms with E-state index in [0.717, 1.165) is 16.2 Å². The summed E-state index contributed by atoms with van der Waals surface area (Å²) in [6.07, 6.45) is 0. The molecule has 0 aliphatic carbocycles. The van der Waals surface area contributed by atoms with Crippen LogP contribution in [-0.4, -0.2) is 37.3 Å². The van der Waals surface area contributed by atoms with E-state index in [0.29, 0.717) is 17.3 Å². The van der Waals surface area contributed by atoms with Gasteiger partial charge < -0.3 is 14.4 Å². The number of amides is 1. The highest BCUT2D eigenvalue weighted by molar-refractivity contribution is 8.00. The van der Waals surface area contributed by atoms with Crippen molar-refractivity contribution >= 4 is 29.3 Å². The maximum absolute atomic E-state index is 12.7. The van der Waals surface area contributed by atoms with Crippen molar-refractivity contribution in [2.75, 3.05) is 21.3 Å². The molecule has 0 radical (unpaired) electrons. The van der Waals surface area contributed by atoms with E-state index in [2.05, 4.69) is 0 Å². The molecule has 0 bridgehead atoms. The molecule has 134 valence electrons. The van der Waals surface area contributed by atoms with Crippen molar-refractivity contribution in [2.24, 2.45) is 0 Å². The first-order chi connectivity index (χ1) is 12.0. The van der Waals surface area contributed by atoms with Crippen molar-refractivity contribution in [3.63, 3.8) is 0 Å². The molecule has 2 aromatic rings. The molecule has 6 heteroatoms. The molecule has 0 saturated carbocycles. The fraction of sp³-hybridized carbons (Fsp3) is 0.316. The van der Waals surface area contributed by atoms with Gasteiger partial charge in [0, 0.05) is 30.1 Å².